The molecule has 0 aliphatic rings. The van der Waals surface area contributed by atoms with Crippen LogP contribution in [0.1, 0.15) is 11.3 Å². The summed E-state index contributed by atoms with van der Waals surface area (Å²) in [6.07, 6.45) is 1.75. The van der Waals surface area contributed by atoms with Crippen LogP contribution in [0, 0.1) is 6.92 Å². The second-order valence-electron chi connectivity index (χ2n) is 6.74. The molecule has 0 fully saturated rings. The average molecular weight is 371 g/mol. The van der Waals surface area contributed by atoms with Gasteiger partial charge in [-0.05, 0) is 55.0 Å². The predicted molar refractivity (Wildman–Crippen MR) is 111 cm³/mol. The summed E-state index contributed by atoms with van der Waals surface area (Å²) in [7, 11) is 1.98. The maximum absolute atomic E-state index is 12.4. The minimum atomic E-state index is -0.0660. The average Bonchev–Trinajstić information content (AvgIpc) is 2.70. The first-order chi connectivity index (χ1) is 13.6. The van der Waals surface area contributed by atoms with Gasteiger partial charge in [0.05, 0.1) is 12.2 Å². The van der Waals surface area contributed by atoms with Crippen LogP contribution >= 0.6 is 0 Å². The minimum Gasteiger partial charge on any atom is -0.457 e. The van der Waals surface area contributed by atoms with Gasteiger partial charge in [-0.15, -0.1) is 0 Å². The number of aromatic nitrogens is 2. The molecule has 0 N–H and O–H groups in total. The topological polar surface area (TPSA) is 46.8 Å². The van der Waals surface area contributed by atoms with Crippen molar-refractivity contribution < 1.29 is 4.74 Å². The Kier molecular flexibility index (Phi) is 4.81. The van der Waals surface area contributed by atoms with Crippen molar-refractivity contribution >= 4 is 11.3 Å². The Bertz CT molecular complexity index is 1150. The monoisotopic (exact) mass is 371 g/mol. The molecule has 4 rings (SSSR count). The van der Waals surface area contributed by atoms with E-state index in [0.717, 1.165) is 28.4 Å². The first kappa shape index (κ1) is 17.8. The van der Waals surface area contributed by atoms with E-state index in [0.29, 0.717) is 12.2 Å². The normalized spacial score (nSPS) is 10.8. The molecule has 28 heavy (non-hydrogen) atoms. The molecule has 5 nitrogen and oxygen atoms in total. The van der Waals surface area contributed by atoms with Crippen LogP contribution < -0.4 is 15.2 Å². The van der Waals surface area contributed by atoms with E-state index in [1.54, 1.807) is 16.7 Å². The van der Waals surface area contributed by atoms with Gasteiger partial charge in [0.1, 0.15) is 17.1 Å². The number of para-hydroxylation sites is 1. The van der Waals surface area contributed by atoms with E-state index >= 15 is 0 Å². The van der Waals surface area contributed by atoms with Crippen LogP contribution in [0.3, 0.4) is 0 Å². The SMILES string of the molecule is Cc1cccn2c(=O)cc(CN(C)c3ccc(Oc4ccccc4)cc3)nc12. The van der Waals surface area contributed by atoms with Gasteiger partial charge in [0, 0.05) is 25.0 Å². The molecule has 2 aromatic heterocycles. The zero-order valence-electron chi connectivity index (χ0n) is 15.9. The van der Waals surface area contributed by atoms with Crippen LogP contribution in [0.2, 0.25) is 0 Å². The van der Waals surface area contributed by atoms with Crippen LogP contribution in [0.15, 0.2) is 83.8 Å². The molecule has 0 saturated heterocycles. The number of ether oxygens (including phenoxy) is 1. The van der Waals surface area contributed by atoms with Gasteiger partial charge in [0.25, 0.3) is 5.56 Å². The van der Waals surface area contributed by atoms with Crippen LogP contribution in [-0.2, 0) is 6.54 Å². The lowest BCUT2D eigenvalue weighted by molar-refractivity contribution is 0.482. The van der Waals surface area contributed by atoms with E-state index in [1.165, 1.54) is 0 Å². The number of rotatable bonds is 5. The third kappa shape index (κ3) is 3.74. The van der Waals surface area contributed by atoms with Crippen LogP contribution in [0.4, 0.5) is 5.69 Å². The summed E-state index contributed by atoms with van der Waals surface area (Å²) in [6, 6.07) is 23.0. The largest absolute Gasteiger partial charge is 0.457 e. The zero-order valence-corrected chi connectivity index (χ0v) is 15.9. The molecule has 140 valence electrons. The summed E-state index contributed by atoms with van der Waals surface area (Å²) < 4.78 is 7.41. The minimum absolute atomic E-state index is 0.0660. The van der Waals surface area contributed by atoms with Crippen LogP contribution in [0.5, 0.6) is 11.5 Å². The summed E-state index contributed by atoms with van der Waals surface area (Å²) in [5.74, 6) is 1.58. The summed E-state index contributed by atoms with van der Waals surface area (Å²) in [4.78, 5) is 19.1. The fraction of sp³-hybridized carbons (Fsp3) is 0.130. The molecule has 2 aromatic carbocycles. The summed E-state index contributed by atoms with van der Waals surface area (Å²) in [6.45, 7) is 2.50. The highest BCUT2D eigenvalue weighted by atomic mass is 16.5. The van der Waals surface area contributed by atoms with E-state index in [-0.39, 0.29) is 5.56 Å². The first-order valence-corrected chi connectivity index (χ1v) is 9.12. The molecular weight excluding hydrogens is 350 g/mol. The smallest absolute Gasteiger partial charge is 0.258 e. The molecule has 0 aliphatic heterocycles. The molecule has 4 aromatic rings. The predicted octanol–water partition coefficient (Wildman–Crippen LogP) is 4.43. The fourth-order valence-corrected chi connectivity index (χ4v) is 3.12. The van der Waals surface area contributed by atoms with E-state index in [4.69, 9.17) is 4.74 Å². The number of fused-ring (bicyclic) bond motifs is 1. The van der Waals surface area contributed by atoms with Gasteiger partial charge in [-0.1, -0.05) is 24.3 Å². The first-order valence-electron chi connectivity index (χ1n) is 9.12. The van der Waals surface area contributed by atoms with Gasteiger partial charge in [0.15, 0.2) is 0 Å². The Balaban J connectivity index is 1.52. The van der Waals surface area contributed by atoms with E-state index in [9.17, 15) is 4.79 Å². The molecule has 0 unspecified atom stereocenters. The maximum Gasteiger partial charge on any atom is 0.258 e. The second-order valence-corrected chi connectivity index (χ2v) is 6.74. The quantitative estimate of drug-likeness (QED) is 0.521. The highest BCUT2D eigenvalue weighted by Crippen LogP contribution is 2.24. The van der Waals surface area contributed by atoms with Gasteiger partial charge < -0.3 is 9.64 Å². The highest BCUT2D eigenvalue weighted by molar-refractivity contribution is 5.50. The lowest BCUT2D eigenvalue weighted by atomic mass is 10.2. The third-order valence-corrected chi connectivity index (χ3v) is 4.59. The van der Waals surface area contributed by atoms with Crippen molar-refractivity contribution in [3.05, 3.63) is 101 Å². The molecular formula is C23H21N3O2. The van der Waals surface area contributed by atoms with Crippen LogP contribution in [0.25, 0.3) is 5.65 Å². The summed E-state index contributed by atoms with van der Waals surface area (Å²) in [5, 5.41) is 0. The Morgan fingerprint density at radius 1 is 0.964 bits per heavy atom. The zero-order chi connectivity index (χ0) is 19.5. The molecule has 0 radical (unpaired) electrons. The molecule has 0 spiro atoms. The summed E-state index contributed by atoms with van der Waals surface area (Å²) >= 11 is 0. The Labute approximate surface area is 163 Å². The Hall–Kier alpha value is -3.60. The fourth-order valence-electron chi connectivity index (χ4n) is 3.12. The Morgan fingerprint density at radius 2 is 1.68 bits per heavy atom. The number of pyridine rings is 1. The van der Waals surface area contributed by atoms with E-state index < -0.39 is 0 Å². The lowest BCUT2D eigenvalue weighted by Gasteiger charge is -2.19. The van der Waals surface area contributed by atoms with Crippen LogP contribution in [-0.4, -0.2) is 16.4 Å². The second kappa shape index (κ2) is 7.56. The molecule has 2 heterocycles. The van der Waals surface area contributed by atoms with Crippen molar-refractivity contribution in [3.8, 4) is 11.5 Å². The number of hydrogen-bond donors (Lipinski definition) is 0. The summed E-state index contributed by atoms with van der Waals surface area (Å²) in [5.41, 5.74) is 3.37. The molecule has 0 bridgehead atoms. The maximum atomic E-state index is 12.4. The highest BCUT2D eigenvalue weighted by Gasteiger charge is 2.08. The van der Waals surface area contributed by atoms with Gasteiger partial charge in [-0.25, -0.2) is 4.98 Å². The number of anilines is 1. The molecule has 5 heteroatoms. The van der Waals surface area contributed by atoms with Crippen molar-refractivity contribution in [1.29, 1.82) is 0 Å². The van der Waals surface area contributed by atoms with Crippen molar-refractivity contribution in [1.82, 2.24) is 9.38 Å². The molecule has 0 aliphatic carbocycles. The number of hydrogen-bond acceptors (Lipinski definition) is 4. The van der Waals surface area contributed by atoms with Gasteiger partial charge >= 0.3 is 0 Å². The van der Waals surface area contributed by atoms with Crippen molar-refractivity contribution in [3.63, 3.8) is 0 Å². The third-order valence-electron chi connectivity index (χ3n) is 4.59. The molecule has 0 amide bonds. The van der Waals surface area contributed by atoms with Crippen molar-refractivity contribution in [2.24, 2.45) is 0 Å². The van der Waals surface area contributed by atoms with Gasteiger partial charge in [0.2, 0.25) is 0 Å². The molecule has 0 saturated carbocycles. The lowest BCUT2D eigenvalue weighted by Crippen LogP contribution is -2.21. The van der Waals surface area contributed by atoms with Gasteiger partial charge in [-0.2, -0.15) is 0 Å². The number of benzene rings is 2. The van der Waals surface area contributed by atoms with Crippen molar-refractivity contribution in [2.45, 2.75) is 13.5 Å². The number of nitrogens with zero attached hydrogens (tertiary/aromatic N) is 3. The van der Waals surface area contributed by atoms with E-state index in [2.05, 4.69) is 9.88 Å². The number of aryl methyl sites for hydroxylation is 1. The van der Waals surface area contributed by atoms with Crippen molar-refractivity contribution in [2.75, 3.05) is 11.9 Å². The molecule has 0 atom stereocenters. The Morgan fingerprint density at radius 3 is 2.43 bits per heavy atom. The standard InChI is InChI=1S/C23H21N3O2/c1-17-7-6-14-26-22(27)15-18(24-23(17)26)16-25(2)19-10-12-21(13-11-19)28-20-8-4-3-5-9-20/h3-15H,16H2,1-2H3. The van der Waals surface area contributed by atoms with E-state index in [1.807, 2.05) is 80.7 Å². The van der Waals surface area contributed by atoms with Gasteiger partial charge in [-0.3, -0.25) is 9.20 Å².